The number of rotatable bonds is 3. The summed E-state index contributed by atoms with van der Waals surface area (Å²) >= 11 is 0. The quantitative estimate of drug-likeness (QED) is 0.454. The maximum atomic E-state index is 12.9. The van der Waals surface area contributed by atoms with Crippen molar-refractivity contribution in [1.82, 2.24) is 20.8 Å². The third-order valence-electron chi connectivity index (χ3n) is 5.78. The van der Waals surface area contributed by atoms with Gasteiger partial charge in [-0.3, -0.25) is 30.4 Å². The van der Waals surface area contributed by atoms with Crippen LogP contribution in [0.4, 0.5) is 0 Å². The number of fused-ring (bicyclic) bond motifs is 1. The van der Waals surface area contributed by atoms with E-state index in [9.17, 15) is 9.59 Å². The first-order valence-corrected chi connectivity index (χ1v) is 13.3. The molecule has 1 aliphatic rings. The van der Waals surface area contributed by atoms with Crippen molar-refractivity contribution in [1.29, 1.82) is 0 Å². The van der Waals surface area contributed by atoms with E-state index in [-0.39, 0.29) is 18.8 Å². The number of carbonyl (C=O) groups excluding carboxylic acids is 2. The second-order valence-electron chi connectivity index (χ2n) is 8.86. The van der Waals surface area contributed by atoms with Gasteiger partial charge in [-0.1, -0.05) is 0 Å². The maximum Gasteiger partial charge on any atom is 0.269 e. The molecule has 0 atom stereocenters. The SMILES string of the molecule is Cc1ccnc(-c2cc(C(=O)NNC(=O)c3ccc4c(c3)OCCOCCOCCOCCOCCO4)ccn2)c1. The van der Waals surface area contributed by atoms with Gasteiger partial charge in [-0.15, -0.1) is 0 Å². The summed E-state index contributed by atoms with van der Waals surface area (Å²) in [6.07, 6.45) is 3.20. The Labute approximate surface area is 238 Å². The second kappa shape index (κ2) is 16.2. The normalized spacial score (nSPS) is 15.6. The third-order valence-corrected chi connectivity index (χ3v) is 5.78. The van der Waals surface area contributed by atoms with Gasteiger partial charge >= 0.3 is 0 Å². The van der Waals surface area contributed by atoms with Crippen molar-refractivity contribution in [2.45, 2.75) is 6.92 Å². The molecule has 3 aromatic rings. The predicted octanol–water partition coefficient (Wildman–Crippen LogP) is 2.36. The highest BCUT2D eigenvalue weighted by Crippen LogP contribution is 2.28. The van der Waals surface area contributed by atoms with Crippen molar-refractivity contribution in [3.8, 4) is 22.9 Å². The summed E-state index contributed by atoms with van der Waals surface area (Å²) in [7, 11) is 0. The number of aromatic nitrogens is 2. The summed E-state index contributed by atoms with van der Waals surface area (Å²) < 4.78 is 33.6. The average molecular weight is 567 g/mol. The number of ether oxygens (including phenoxy) is 6. The molecule has 3 heterocycles. The first-order chi connectivity index (χ1) is 20.1. The van der Waals surface area contributed by atoms with Crippen molar-refractivity contribution in [3.63, 3.8) is 0 Å². The fraction of sp³-hybridized carbons (Fsp3) is 0.379. The van der Waals surface area contributed by atoms with Crippen LogP contribution < -0.4 is 20.3 Å². The number of nitrogens with zero attached hydrogens (tertiary/aromatic N) is 2. The van der Waals surface area contributed by atoms with E-state index in [4.69, 9.17) is 28.4 Å². The summed E-state index contributed by atoms with van der Waals surface area (Å²) in [6.45, 7) is 5.87. The lowest BCUT2D eigenvalue weighted by molar-refractivity contribution is -0.00842. The van der Waals surface area contributed by atoms with E-state index in [1.807, 2.05) is 19.1 Å². The Kier molecular flexibility index (Phi) is 11.8. The molecule has 2 aromatic heterocycles. The second-order valence-corrected chi connectivity index (χ2v) is 8.86. The smallest absolute Gasteiger partial charge is 0.269 e. The van der Waals surface area contributed by atoms with Gasteiger partial charge in [0.1, 0.15) is 13.2 Å². The molecule has 0 saturated carbocycles. The van der Waals surface area contributed by atoms with Gasteiger partial charge in [-0.2, -0.15) is 0 Å². The molecule has 12 nitrogen and oxygen atoms in total. The number of aryl methyl sites for hydroxylation is 1. The lowest BCUT2D eigenvalue weighted by Crippen LogP contribution is -2.41. The van der Waals surface area contributed by atoms with Gasteiger partial charge in [0.2, 0.25) is 0 Å². The van der Waals surface area contributed by atoms with Crippen LogP contribution in [0.15, 0.2) is 54.9 Å². The van der Waals surface area contributed by atoms with Crippen LogP contribution in [0, 0.1) is 6.92 Å². The molecular weight excluding hydrogens is 532 g/mol. The summed E-state index contributed by atoms with van der Waals surface area (Å²) in [6, 6.07) is 11.7. The van der Waals surface area contributed by atoms with Crippen LogP contribution in [0.1, 0.15) is 26.3 Å². The molecule has 2 N–H and O–H groups in total. The summed E-state index contributed by atoms with van der Waals surface area (Å²) in [4.78, 5) is 34.2. The van der Waals surface area contributed by atoms with Gasteiger partial charge in [0.25, 0.3) is 11.8 Å². The molecule has 218 valence electrons. The van der Waals surface area contributed by atoms with Crippen LogP contribution in [0.5, 0.6) is 11.5 Å². The Morgan fingerprint density at radius 3 is 1.66 bits per heavy atom. The minimum absolute atomic E-state index is 0.234. The third kappa shape index (κ3) is 9.80. The number of hydrogen-bond donors (Lipinski definition) is 2. The van der Waals surface area contributed by atoms with E-state index >= 15 is 0 Å². The van der Waals surface area contributed by atoms with Gasteiger partial charge in [0.05, 0.1) is 64.2 Å². The molecule has 1 aliphatic heterocycles. The summed E-state index contributed by atoms with van der Waals surface area (Å²) in [5, 5.41) is 0. The highest BCUT2D eigenvalue weighted by atomic mass is 16.6. The lowest BCUT2D eigenvalue weighted by atomic mass is 10.1. The molecule has 0 bridgehead atoms. The Hall–Kier alpha value is -4.10. The maximum absolute atomic E-state index is 12.9. The van der Waals surface area contributed by atoms with Crippen molar-refractivity contribution in [3.05, 3.63) is 71.5 Å². The van der Waals surface area contributed by atoms with E-state index in [1.54, 1.807) is 36.5 Å². The average Bonchev–Trinajstić information content (AvgIpc) is 2.99. The fourth-order valence-corrected chi connectivity index (χ4v) is 3.71. The van der Waals surface area contributed by atoms with Crippen LogP contribution in [0.3, 0.4) is 0 Å². The van der Waals surface area contributed by atoms with Gasteiger partial charge in [-0.25, -0.2) is 0 Å². The van der Waals surface area contributed by atoms with E-state index in [1.165, 1.54) is 6.20 Å². The van der Waals surface area contributed by atoms with Gasteiger partial charge in [0, 0.05) is 23.5 Å². The Bertz CT molecular complexity index is 1290. The number of pyridine rings is 2. The van der Waals surface area contributed by atoms with Gasteiger partial charge in [0.15, 0.2) is 11.5 Å². The molecule has 2 amide bonds. The number of hydrazine groups is 1. The number of carbonyl (C=O) groups is 2. The van der Waals surface area contributed by atoms with E-state index in [0.717, 1.165) is 5.56 Å². The van der Waals surface area contributed by atoms with Crippen molar-refractivity contribution < 1.29 is 38.0 Å². The van der Waals surface area contributed by atoms with E-state index < -0.39 is 11.8 Å². The van der Waals surface area contributed by atoms with Crippen LogP contribution in [-0.2, 0) is 18.9 Å². The molecule has 0 aliphatic carbocycles. The number of amides is 2. The van der Waals surface area contributed by atoms with Crippen LogP contribution in [0.2, 0.25) is 0 Å². The lowest BCUT2D eigenvalue weighted by Gasteiger charge is -2.15. The first kappa shape index (κ1) is 29.9. The zero-order chi connectivity index (χ0) is 28.7. The van der Waals surface area contributed by atoms with E-state index in [2.05, 4.69) is 20.8 Å². The number of benzene rings is 1. The Balaban J connectivity index is 1.36. The fourth-order valence-electron chi connectivity index (χ4n) is 3.71. The van der Waals surface area contributed by atoms with Crippen LogP contribution >= 0.6 is 0 Å². The largest absolute Gasteiger partial charge is 0.487 e. The molecular formula is C29H34N4O8. The molecule has 0 unspecified atom stereocenters. The standard InChI is InChI=1S/C29H34N4O8/c1-21-4-6-30-24(18-21)25-19-23(5-7-31-25)29(35)33-32-28(34)22-2-3-26-27(20-22)41-17-15-39-13-11-37-9-8-36-10-12-38-14-16-40-26/h2-7,18-20H,8-17H2,1H3,(H,32,34)(H,33,35). The molecule has 0 fully saturated rings. The van der Waals surface area contributed by atoms with Crippen molar-refractivity contribution in [2.75, 3.05) is 66.1 Å². The Morgan fingerprint density at radius 1 is 0.585 bits per heavy atom. The van der Waals surface area contributed by atoms with Crippen LogP contribution in [0.25, 0.3) is 11.4 Å². The van der Waals surface area contributed by atoms with Crippen LogP contribution in [-0.4, -0.2) is 87.9 Å². The molecule has 12 heteroatoms. The number of hydrogen-bond acceptors (Lipinski definition) is 10. The molecule has 0 saturated heterocycles. The number of nitrogens with one attached hydrogen (secondary N) is 2. The minimum Gasteiger partial charge on any atom is -0.487 e. The first-order valence-electron chi connectivity index (χ1n) is 13.3. The topological polar surface area (TPSA) is 139 Å². The molecule has 1 aromatic carbocycles. The summed E-state index contributed by atoms with van der Waals surface area (Å²) in [5.74, 6) is -0.227. The van der Waals surface area contributed by atoms with Gasteiger partial charge in [-0.05, 0) is 55.0 Å². The predicted molar refractivity (Wildman–Crippen MR) is 148 cm³/mol. The highest BCUT2D eigenvalue weighted by molar-refractivity contribution is 5.99. The van der Waals surface area contributed by atoms with Crippen molar-refractivity contribution >= 4 is 11.8 Å². The molecule has 0 spiro atoms. The zero-order valence-corrected chi connectivity index (χ0v) is 22.9. The summed E-state index contributed by atoms with van der Waals surface area (Å²) in [5.41, 5.74) is 7.67. The highest BCUT2D eigenvalue weighted by Gasteiger charge is 2.15. The molecule has 41 heavy (non-hydrogen) atoms. The van der Waals surface area contributed by atoms with Gasteiger partial charge < -0.3 is 28.4 Å². The minimum atomic E-state index is -0.532. The van der Waals surface area contributed by atoms with Crippen molar-refractivity contribution in [2.24, 2.45) is 0 Å². The molecule has 0 radical (unpaired) electrons. The molecule has 4 rings (SSSR count). The monoisotopic (exact) mass is 566 g/mol. The Morgan fingerprint density at radius 2 is 1.07 bits per heavy atom. The zero-order valence-electron chi connectivity index (χ0n) is 22.9. The van der Waals surface area contributed by atoms with E-state index in [0.29, 0.717) is 81.3 Å².